The van der Waals surface area contributed by atoms with Gasteiger partial charge in [-0.05, 0) is 29.2 Å². The molecule has 1 aromatic heterocycles. The van der Waals surface area contributed by atoms with Crippen LogP contribution < -0.4 is 10.9 Å². The number of carbonyl (C=O) groups excluding carboxylic acids is 1. The van der Waals surface area contributed by atoms with Crippen molar-refractivity contribution in [3.63, 3.8) is 0 Å². The maximum atomic E-state index is 12.3. The highest BCUT2D eigenvalue weighted by atomic mass is 16.4. The van der Waals surface area contributed by atoms with Crippen LogP contribution in [0.5, 0.6) is 0 Å². The maximum absolute atomic E-state index is 12.3. The van der Waals surface area contributed by atoms with E-state index in [2.05, 4.69) is 10.4 Å². The zero-order chi connectivity index (χ0) is 21.0. The van der Waals surface area contributed by atoms with E-state index < -0.39 is 23.5 Å². The molecule has 0 aliphatic heterocycles. The molecule has 1 heterocycles. The highest BCUT2D eigenvalue weighted by Gasteiger charge is 2.21. The highest BCUT2D eigenvalue weighted by Crippen LogP contribution is 2.26. The van der Waals surface area contributed by atoms with Gasteiger partial charge in [-0.1, -0.05) is 56.3 Å². The molecule has 2 aromatic carbocycles. The molecule has 150 valence electrons. The first-order valence-corrected chi connectivity index (χ1v) is 9.43. The maximum Gasteiger partial charge on any atom is 0.326 e. The fourth-order valence-electron chi connectivity index (χ4n) is 3.22. The molecule has 0 spiro atoms. The zero-order valence-corrected chi connectivity index (χ0v) is 16.3. The minimum absolute atomic E-state index is 0.104. The molecular formula is C22H23N3O4. The molecule has 2 N–H and O–H groups in total. The van der Waals surface area contributed by atoms with Crippen molar-refractivity contribution in [3.8, 4) is 11.3 Å². The van der Waals surface area contributed by atoms with Crippen LogP contribution in [0.1, 0.15) is 20.3 Å². The van der Waals surface area contributed by atoms with Gasteiger partial charge >= 0.3 is 5.97 Å². The molecule has 1 atom stereocenters. The lowest BCUT2D eigenvalue weighted by Crippen LogP contribution is -2.44. The van der Waals surface area contributed by atoms with Crippen molar-refractivity contribution < 1.29 is 14.7 Å². The first kappa shape index (κ1) is 20.3. The van der Waals surface area contributed by atoms with Gasteiger partial charge in [-0.2, -0.15) is 5.10 Å². The summed E-state index contributed by atoms with van der Waals surface area (Å²) in [5.74, 6) is -1.56. The minimum atomic E-state index is -1.10. The third-order valence-corrected chi connectivity index (χ3v) is 4.57. The monoisotopic (exact) mass is 393 g/mol. The molecule has 3 rings (SSSR count). The lowest BCUT2D eigenvalue weighted by atomic mass is 10.0. The Bertz CT molecular complexity index is 1100. The predicted molar refractivity (Wildman–Crippen MR) is 110 cm³/mol. The molecule has 1 unspecified atom stereocenters. The molecule has 0 saturated carbocycles. The summed E-state index contributed by atoms with van der Waals surface area (Å²) in [7, 11) is 0. The summed E-state index contributed by atoms with van der Waals surface area (Å²) in [5, 5.41) is 18.1. The Morgan fingerprint density at radius 2 is 1.79 bits per heavy atom. The number of amides is 1. The fourth-order valence-corrected chi connectivity index (χ4v) is 3.22. The van der Waals surface area contributed by atoms with Gasteiger partial charge in [0.2, 0.25) is 5.91 Å². The van der Waals surface area contributed by atoms with Crippen molar-refractivity contribution in [2.24, 2.45) is 5.92 Å². The molecule has 7 nitrogen and oxygen atoms in total. The highest BCUT2D eigenvalue weighted by molar-refractivity contribution is 5.95. The number of hydrogen-bond acceptors (Lipinski definition) is 4. The van der Waals surface area contributed by atoms with Crippen molar-refractivity contribution in [3.05, 3.63) is 65.0 Å². The van der Waals surface area contributed by atoms with E-state index in [4.69, 9.17) is 0 Å². The van der Waals surface area contributed by atoms with Gasteiger partial charge in [0.05, 0.1) is 5.69 Å². The van der Waals surface area contributed by atoms with Crippen LogP contribution in [0.2, 0.25) is 0 Å². The van der Waals surface area contributed by atoms with Crippen molar-refractivity contribution in [1.29, 1.82) is 0 Å². The van der Waals surface area contributed by atoms with Crippen LogP contribution in [0.3, 0.4) is 0 Å². The van der Waals surface area contributed by atoms with Crippen molar-refractivity contribution in [2.45, 2.75) is 32.9 Å². The van der Waals surface area contributed by atoms with E-state index in [1.807, 2.05) is 56.3 Å². The molecule has 0 aliphatic rings. The predicted octanol–water partition coefficient (Wildman–Crippen LogP) is 2.68. The third-order valence-electron chi connectivity index (χ3n) is 4.57. The van der Waals surface area contributed by atoms with E-state index in [9.17, 15) is 19.5 Å². The van der Waals surface area contributed by atoms with E-state index in [0.29, 0.717) is 12.1 Å². The van der Waals surface area contributed by atoms with Crippen LogP contribution in [0.25, 0.3) is 22.0 Å². The number of hydrogen-bond donors (Lipinski definition) is 2. The second-order valence-corrected chi connectivity index (χ2v) is 7.33. The number of carboxylic acids is 1. The Kier molecular flexibility index (Phi) is 6.07. The molecule has 1 amide bonds. The molecule has 0 fully saturated rings. The Morgan fingerprint density at radius 1 is 1.07 bits per heavy atom. The Morgan fingerprint density at radius 3 is 2.52 bits per heavy atom. The van der Waals surface area contributed by atoms with Crippen LogP contribution in [0, 0.1) is 5.92 Å². The number of rotatable bonds is 7. The normalized spacial score (nSPS) is 12.1. The zero-order valence-electron chi connectivity index (χ0n) is 16.3. The molecule has 0 aliphatic carbocycles. The molecule has 0 radical (unpaired) electrons. The number of aromatic nitrogens is 2. The van der Waals surface area contributed by atoms with E-state index >= 15 is 0 Å². The smallest absolute Gasteiger partial charge is 0.326 e. The summed E-state index contributed by atoms with van der Waals surface area (Å²) in [4.78, 5) is 35.9. The molecular weight excluding hydrogens is 370 g/mol. The summed E-state index contributed by atoms with van der Waals surface area (Å²) in [5.41, 5.74) is 0.978. The molecule has 0 saturated heterocycles. The van der Waals surface area contributed by atoms with Crippen LogP contribution in [0.4, 0.5) is 0 Å². The van der Waals surface area contributed by atoms with Crippen molar-refractivity contribution in [1.82, 2.24) is 15.1 Å². The lowest BCUT2D eigenvalue weighted by Gasteiger charge is -2.16. The first-order chi connectivity index (χ1) is 13.8. The first-order valence-electron chi connectivity index (χ1n) is 9.43. The van der Waals surface area contributed by atoms with Gasteiger partial charge in [0, 0.05) is 11.6 Å². The number of benzene rings is 2. The van der Waals surface area contributed by atoms with E-state index in [1.165, 1.54) is 6.07 Å². The third kappa shape index (κ3) is 4.87. The summed E-state index contributed by atoms with van der Waals surface area (Å²) in [6, 6.07) is 15.6. The minimum Gasteiger partial charge on any atom is -0.480 e. The average molecular weight is 393 g/mol. The SMILES string of the molecule is CC(C)CC(NC(=O)Cn1nc(-c2cccc3ccccc23)ccc1=O)C(=O)O. The fraction of sp³-hybridized carbons (Fsp3) is 0.273. The van der Waals surface area contributed by atoms with E-state index in [1.54, 1.807) is 6.07 Å². The number of aliphatic carboxylic acids is 1. The number of nitrogens with zero attached hydrogens (tertiary/aromatic N) is 2. The second-order valence-electron chi connectivity index (χ2n) is 7.33. The van der Waals surface area contributed by atoms with Crippen LogP contribution >= 0.6 is 0 Å². The molecule has 3 aromatic rings. The Labute approximate surface area is 168 Å². The molecule has 29 heavy (non-hydrogen) atoms. The van der Waals surface area contributed by atoms with Crippen LogP contribution in [0.15, 0.2) is 59.4 Å². The second kappa shape index (κ2) is 8.68. The largest absolute Gasteiger partial charge is 0.480 e. The molecule has 0 bridgehead atoms. The van der Waals surface area contributed by atoms with E-state index in [0.717, 1.165) is 21.0 Å². The van der Waals surface area contributed by atoms with Gasteiger partial charge in [-0.15, -0.1) is 0 Å². The van der Waals surface area contributed by atoms with Gasteiger partial charge in [0.1, 0.15) is 12.6 Å². The van der Waals surface area contributed by atoms with Crippen molar-refractivity contribution >= 4 is 22.6 Å². The summed E-state index contributed by atoms with van der Waals surface area (Å²) in [6.45, 7) is 3.41. The summed E-state index contributed by atoms with van der Waals surface area (Å²) < 4.78 is 1.06. The number of nitrogens with one attached hydrogen (secondary N) is 1. The number of fused-ring (bicyclic) bond motifs is 1. The number of carbonyl (C=O) groups is 2. The topological polar surface area (TPSA) is 101 Å². The number of carboxylic acid groups (broad SMARTS) is 1. The molecule has 7 heteroatoms. The Hall–Kier alpha value is -3.48. The Balaban J connectivity index is 1.87. The van der Waals surface area contributed by atoms with Crippen LogP contribution in [-0.4, -0.2) is 32.8 Å². The van der Waals surface area contributed by atoms with Crippen molar-refractivity contribution in [2.75, 3.05) is 0 Å². The summed E-state index contributed by atoms with van der Waals surface area (Å²) in [6.07, 6.45) is 0.305. The van der Waals surface area contributed by atoms with Gasteiger partial charge < -0.3 is 10.4 Å². The summed E-state index contributed by atoms with van der Waals surface area (Å²) >= 11 is 0. The van der Waals surface area contributed by atoms with Gasteiger partial charge in [0.15, 0.2) is 0 Å². The quantitative estimate of drug-likeness (QED) is 0.643. The van der Waals surface area contributed by atoms with Gasteiger partial charge in [0.25, 0.3) is 5.56 Å². The van der Waals surface area contributed by atoms with Gasteiger partial charge in [-0.25, -0.2) is 9.48 Å². The standard InChI is InChI=1S/C22H23N3O4/c1-14(2)12-19(22(28)29)23-20(26)13-25-21(27)11-10-18(24-25)17-9-5-7-15-6-3-4-8-16(15)17/h3-11,14,19H,12-13H2,1-2H3,(H,23,26)(H,28,29). The lowest BCUT2D eigenvalue weighted by molar-refractivity contribution is -0.142. The van der Waals surface area contributed by atoms with Crippen LogP contribution in [-0.2, 0) is 16.1 Å². The van der Waals surface area contributed by atoms with E-state index in [-0.39, 0.29) is 12.5 Å². The van der Waals surface area contributed by atoms with Gasteiger partial charge in [-0.3, -0.25) is 9.59 Å². The average Bonchev–Trinajstić information content (AvgIpc) is 2.68.